The second-order valence-electron chi connectivity index (χ2n) is 13.4. The number of nitrogens with zero attached hydrogens (tertiary/aromatic N) is 4. The van der Waals surface area contributed by atoms with Crippen LogP contribution in [0.5, 0.6) is 0 Å². The van der Waals surface area contributed by atoms with E-state index in [-0.39, 0.29) is 23.6 Å². The number of rotatable bonds is 4. The number of hydrogen-bond acceptors (Lipinski definition) is 5. The van der Waals surface area contributed by atoms with E-state index in [0.29, 0.717) is 23.4 Å². The van der Waals surface area contributed by atoms with Crippen LogP contribution in [0, 0.1) is 75.4 Å². The quantitative estimate of drug-likeness (QED) is 0.601. The number of carbonyl (C=O) groups excluding carboxylic acids is 1. The van der Waals surface area contributed by atoms with Gasteiger partial charge >= 0.3 is 0 Å². The Hall–Kier alpha value is -2.40. The molecule has 0 unspecified atom stereocenters. The highest BCUT2D eigenvalue weighted by Crippen LogP contribution is 2.70. The Morgan fingerprint density at radius 3 is 2.47 bits per heavy atom. The maximum atomic E-state index is 12.4. The summed E-state index contributed by atoms with van der Waals surface area (Å²) >= 11 is 0. The van der Waals surface area contributed by atoms with Gasteiger partial charge in [0.05, 0.1) is 12.1 Å². The SMILES string of the molecule is C[C@@]1(O)CC[C@H]2[C@H](CC[C@@H]3[C@@H]2CC[C@@]2(C)[C@H]3[C@H](C3CC3)C[C@@H]2C(=C=O)Cn2nc(C#N)cc2C#N)C1. The summed E-state index contributed by atoms with van der Waals surface area (Å²) in [5.74, 6) is 7.49. The summed E-state index contributed by atoms with van der Waals surface area (Å²) in [4.78, 5) is 12.4. The molecule has 5 fully saturated rings. The lowest BCUT2D eigenvalue weighted by molar-refractivity contribution is -0.106. The largest absolute Gasteiger partial charge is 0.390 e. The van der Waals surface area contributed by atoms with Crippen LogP contribution in [0.4, 0.5) is 0 Å². The second kappa shape index (κ2) is 8.58. The van der Waals surface area contributed by atoms with Crippen molar-refractivity contribution in [2.75, 3.05) is 0 Å². The summed E-state index contributed by atoms with van der Waals surface area (Å²) < 4.78 is 1.53. The highest BCUT2D eigenvalue weighted by atomic mass is 16.3. The molecule has 0 aromatic carbocycles. The highest BCUT2D eigenvalue weighted by Gasteiger charge is 2.63. The van der Waals surface area contributed by atoms with Crippen molar-refractivity contribution >= 4 is 5.94 Å². The molecule has 0 amide bonds. The molecule has 6 rings (SSSR count). The molecule has 6 nitrogen and oxygen atoms in total. The molecule has 5 aliphatic carbocycles. The first-order valence-corrected chi connectivity index (χ1v) is 14.1. The Balaban J connectivity index is 1.30. The molecule has 9 atom stereocenters. The zero-order valence-electron chi connectivity index (χ0n) is 21.6. The molecule has 0 radical (unpaired) electrons. The Bertz CT molecular complexity index is 1180. The molecule has 0 saturated heterocycles. The molecule has 0 aliphatic heterocycles. The first-order valence-electron chi connectivity index (χ1n) is 14.1. The fourth-order valence-corrected chi connectivity index (χ4v) is 9.87. The molecular formula is C30H38N4O2. The van der Waals surface area contributed by atoms with Crippen molar-refractivity contribution < 1.29 is 9.90 Å². The van der Waals surface area contributed by atoms with Gasteiger partial charge in [-0.15, -0.1) is 0 Å². The van der Waals surface area contributed by atoms with Gasteiger partial charge in [0.1, 0.15) is 23.8 Å². The zero-order valence-corrected chi connectivity index (χ0v) is 21.6. The number of aliphatic hydroxyl groups is 1. The van der Waals surface area contributed by atoms with Gasteiger partial charge in [0, 0.05) is 11.6 Å². The van der Waals surface area contributed by atoms with Gasteiger partial charge in [0.15, 0.2) is 5.69 Å². The van der Waals surface area contributed by atoms with Crippen LogP contribution >= 0.6 is 0 Å². The minimum atomic E-state index is -0.490. The van der Waals surface area contributed by atoms with E-state index in [9.17, 15) is 20.4 Å². The first-order chi connectivity index (χ1) is 17.3. The molecule has 1 heterocycles. The molecule has 5 aliphatic rings. The van der Waals surface area contributed by atoms with E-state index < -0.39 is 5.60 Å². The standard InChI is InChI=1S/C30H38N4O2/c1-29(36)9-7-23-19(13-29)5-6-25-24(23)8-10-30(2)27(12-26(28(25)30)18-3-4-18)20(17-35)16-34-22(15-32)11-21(14-31)33-34/h11,18-19,23-28,36H,3-10,12-13,16H2,1-2H3/t19-,23+,24-,25-,26+,27-,28-,29-,30-/m1/s1. The lowest BCUT2D eigenvalue weighted by Crippen LogP contribution is -2.51. The smallest absolute Gasteiger partial charge is 0.163 e. The molecule has 1 N–H and O–H groups in total. The van der Waals surface area contributed by atoms with Crippen LogP contribution < -0.4 is 0 Å². The minimum absolute atomic E-state index is 0.0756. The average Bonchev–Trinajstić information content (AvgIpc) is 3.55. The fourth-order valence-electron chi connectivity index (χ4n) is 9.87. The van der Waals surface area contributed by atoms with Crippen LogP contribution in [0.3, 0.4) is 0 Å². The normalized spacial score (nSPS) is 43.3. The Morgan fingerprint density at radius 2 is 1.78 bits per heavy atom. The molecule has 0 bridgehead atoms. The Labute approximate surface area is 214 Å². The summed E-state index contributed by atoms with van der Waals surface area (Å²) in [6.07, 6.45) is 11.6. The molecule has 1 aromatic heterocycles. The van der Waals surface area contributed by atoms with E-state index in [1.807, 2.05) is 13.0 Å². The summed E-state index contributed by atoms with van der Waals surface area (Å²) in [5.41, 5.74) is 0.859. The van der Waals surface area contributed by atoms with Crippen molar-refractivity contribution in [1.82, 2.24) is 9.78 Å². The number of nitriles is 2. The molecule has 36 heavy (non-hydrogen) atoms. The van der Waals surface area contributed by atoms with Gasteiger partial charge < -0.3 is 5.11 Å². The monoisotopic (exact) mass is 486 g/mol. The van der Waals surface area contributed by atoms with Crippen molar-refractivity contribution in [3.05, 3.63) is 23.0 Å². The number of allylic oxidation sites excluding steroid dienone is 1. The zero-order chi connectivity index (χ0) is 25.2. The highest BCUT2D eigenvalue weighted by molar-refractivity contribution is 5.54. The van der Waals surface area contributed by atoms with E-state index >= 15 is 0 Å². The van der Waals surface area contributed by atoms with E-state index in [4.69, 9.17) is 0 Å². The van der Waals surface area contributed by atoms with Crippen LogP contribution in [0.1, 0.15) is 89.4 Å². The van der Waals surface area contributed by atoms with Crippen LogP contribution in [0.2, 0.25) is 0 Å². The fraction of sp³-hybridized carbons (Fsp3) is 0.767. The summed E-state index contributed by atoms with van der Waals surface area (Å²) in [6, 6.07) is 5.65. The first kappa shape index (κ1) is 24.0. The Kier molecular flexibility index (Phi) is 5.71. The van der Waals surface area contributed by atoms with Crippen LogP contribution in [0.25, 0.3) is 0 Å². The predicted octanol–water partition coefficient (Wildman–Crippen LogP) is 5.04. The maximum Gasteiger partial charge on any atom is 0.163 e. The molecule has 1 aromatic rings. The van der Waals surface area contributed by atoms with E-state index in [1.165, 1.54) is 42.9 Å². The van der Waals surface area contributed by atoms with Crippen molar-refractivity contribution in [2.45, 2.75) is 90.2 Å². The molecule has 0 spiro atoms. The third kappa shape index (κ3) is 3.77. The summed E-state index contributed by atoms with van der Waals surface area (Å²) in [6.45, 7) is 4.74. The number of hydrogen-bond donors (Lipinski definition) is 1. The number of aromatic nitrogens is 2. The van der Waals surface area contributed by atoms with E-state index in [0.717, 1.165) is 61.3 Å². The topological polar surface area (TPSA) is 103 Å². The third-order valence-electron chi connectivity index (χ3n) is 11.4. The summed E-state index contributed by atoms with van der Waals surface area (Å²) in [5, 5.41) is 33.8. The van der Waals surface area contributed by atoms with E-state index in [2.05, 4.69) is 24.0 Å². The maximum absolute atomic E-state index is 12.4. The Morgan fingerprint density at radius 1 is 1.03 bits per heavy atom. The van der Waals surface area contributed by atoms with Crippen LogP contribution in [-0.4, -0.2) is 26.4 Å². The van der Waals surface area contributed by atoms with Gasteiger partial charge in [-0.05, 0) is 124 Å². The minimum Gasteiger partial charge on any atom is -0.390 e. The van der Waals surface area contributed by atoms with Crippen molar-refractivity contribution in [3.8, 4) is 12.1 Å². The van der Waals surface area contributed by atoms with Crippen LogP contribution in [-0.2, 0) is 11.3 Å². The van der Waals surface area contributed by atoms with Crippen molar-refractivity contribution in [1.29, 1.82) is 10.5 Å². The van der Waals surface area contributed by atoms with Gasteiger partial charge in [-0.1, -0.05) is 6.92 Å². The van der Waals surface area contributed by atoms with Crippen molar-refractivity contribution in [3.63, 3.8) is 0 Å². The van der Waals surface area contributed by atoms with Crippen molar-refractivity contribution in [2.24, 2.45) is 52.8 Å². The van der Waals surface area contributed by atoms with Gasteiger partial charge in [-0.25, -0.2) is 9.48 Å². The van der Waals surface area contributed by atoms with E-state index in [1.54, 1.807) is 0 Å². The van der Waals surface area contributed by atoms with Crippen LogP contribution in [0.15, 0.2) is 11.6 Å². The average molecular weight is 487 g/mol. The van der Waals surface area contributed by atoms with Gasteiger partial charge in [0.2, 0.25) is 0 Å². The lowest BCUT2D eigenvalue weighted by Gasteiger charge is -2.58. The molecule has 6 heteroatoms. The number of fused-ring (bicyclic) bond motifs is 5. The molecular weight excluding hydrogens is 448 g/mol. The molecule has 190 valence electrons. The predicted molar refractivity (Wildman–Crippen MR) is 134 cm³/mol. The second-order valence-corrected chi connectivity index (χ2v) is 13.4. The van der Waals surface area contributed by atoms with Gasteiger partial charge in [-0.2, -0.15) is 15.6 Å². The lowest BCUT2D eigenvalue weighted by atomic mass is 9.48. The third-order valence-corrected chi connectivity index (χ3v) is 11.4. The summed E-state index contributed by atoms with van der Waals surface area (Å²) in [7, 11) is 0. The van der Waals surface area contributed by atoms with Gasteiger partial charge in [-0.3, -0.25) is 0 Å². The van der Waals surface area contributed by atoms with Gasteiger partial charge in [0.25, 0.3) is 0 Å². The molecule has 5 saturated carbocycles.